The molecule has 3 saturated carbocycles. The summed E-state index contributed by atoms with van der Waals surface area (Å²) in [6.45, 7) is 0.638. The van der Waals surface area contributed by atoms with Crippen molar-refractivity contribution in [2.45, 2.75) is 153 Å². The molecule has 2 aromatic carbocycles. The lowest BCUT2D eigenvalue weighted by Crippen LogP contribution is -2.41. The summed E-state index contributed by atoms with van der Waals surface area (Å²) in [5.41, 5.74) is 9.74. The minimum Gasteiger partial charge on any atom is -0.481 e. The maximum absolute atomic E-state index is 12.5. The molecule has 0 heterocycles. The van der Waals surface area contributed by atoms with Gasteiger partial charge in [0.2, 0.25) is 0 Å². The SMILES string of the molecule is NCCC(CCC(CC=CCCC1CCCCC1)CCc1ccccc1)C(CC(=O)O)CC1(c2ccccc2)CCCC2(CCCC2)C1. The molecule has 4 unspecified atom stereocenters. The van der Waals surface area contributed by atoms with E-state index < -0.39 is 5.97 Å². The maximum atomic E-state index is 12.5. The molecule has 3 fully saturated rings. The fraction of sp³-hybridized carbons (Fsp3) is 0.667. The Hall–Kier alpha value is -2.39. The Bertz CT molecular complexity index is 1210. The van der Waals surface area contributed by atoms with Crippen molar-refractivity contribution in [2.24, 2.45) is 34.8 Å². The lowest BCUT2D eigenvalue weighted by Gasteiger charge is -2.49. The van der Waals surface area contributed by atoms with Gasteiger partial charge in [-0.2, -0.15) is 0 Å². The van der Waals surface area contributed by atoms with E-state index in [0.29, 0.717) is 23.8 Å². The quantitative estimate of drug-likeness (QED) is 0.148. The van der Waals surface area contributed by atoms with Gasteiger partial charge in [-0.25, -0.2) is 0 Å². The summed E-state index contributed by atoms with van der Waals surface area (Å²) in [7, 11) is 0. The van der Waals surface area contributed by atoms with Crippen LogP contribution in [0.15, 0.2) is 72.8 Å². The molecule has 0 saturated heterocycles. The molecule has 0 aliphatic heterocycles. The summed E-state index contributed by atoms with van der Waals surface area (Å²) in [6, 6.07) is 22.2. The molecule has 1 spiro atoms. The van der Waals surface area contributed by atoms with E-state index in [9.17, 15) is 9.90 Å². The first-order valence-electron chi connectivity index (χ1n) is 20.2. The second kappa shape index (κ2) is 19.1. The smallest absolute Gasteiger partial charge is 0.303 e. The highest BCUT2D eigenvalue weighted by Crippen LogP contribution is 2.58. The van der Waals surface area contributed by atoms with Crippen LogP contribution >= 0.6 is 0 Å². The third-order valence-corrected chi connectivity index (χ3v) is 13.2. The number of carboxylic acids is 1. The minimum atomic E-state index is -0.641. The van der Waals surface area contributed by atoms with Gasteiger partial charge in [-0.1, -0.05) is 124 Å². The van der Waals surface area contributed by atoms with E-state index >= 15 is 0 Å². The maximum Gasteiger partial charge on any atom is 0.303 e. The molecule has 3 aliphatic rings. The molecule has 2 aromatic rings. The summed E-state index contributed by atoms with van der Waals surface area (Å²) >= 11 is 0. The first-order chi connectivity index (χ1) is 23.5. The number of hydrogen-bond donors (Lipinski definition) is 2. The van der Waals surface area contributed by atoms with Gasteiger partial charge in [-0.3, -0.25) is 4.79 Å². The predicted octanol–water partition coefficient (Wildman–Crippen LogP) is 11.8. The Morgan fingerprint density at radius 3 is 2.21 bits per heavy atom. The molecule has 3 nitrogen and oxygen atoms in total. The molecule has 3 heteroatoms. The van der Waals surface area contributed by atoms with E-state index in [1.54, 1.807) is 0 Å². The number of benzene rings is 2. The Morgan fingerprint density at radius 2 is 1.50 bits per heavy atom. The van der Waals surface area contributed by atoms with Crippen LogP contribution in [0.2, 0.25) is 0 Å². The van der Waals surface area contributed by atoms with Crippen LogP contribution in [0.25, 0.3) is 0 Å². The van der Waals surface area contributed by atoms with Crippen molar-refractivity contribution in [1.29, 1.82) is 0 Å². The van der Waals surface area contributed by atoms with Gasteiger partial charge in [0.05, 0.1) is 0 Å². The number of hydrogen-bond acceptors (Lipinski definition) is 2. The highest BCUT2D eigenvalue weighted by Gasteiger charge is 2.48. The summed E-state index contributed by atoms with van der Waals surface area (Å²) in [6.07, 6.45) is 33.0. The molecule has 0 bridgehead atoms. The van der Waals surface area contributed by atoms with Gasteiger partial charge in [0, 0.05) is 6.42 Å². The average molecular weight is 654 g/mol. The van der Waals surface area contributed by atoms with Crippen LogP contribution in [0.1, 0.15) is 152 Å². The van der Waals surface area contributed by atoms with Crippen LogP contribution in [0.5, 0.6) is 0 Å². The molecule has 0 radical (unpaired) electrons. The standard InChI is InChI=1S/C45H67NO2/c46-33-28-40(27-26-39(25-24-38-19-8-3-9-20-38)21-10-2-7-18-37-16-5-1-6-17-37)41(34-43(47)48)35-45(42-22-11-4-12-23-42)32-15-31-44(36-45)29-13-14-30-44/h2-4,8-12,19-20,22-23,37,39-41H,1,5-7,13-18,21,24-36,46H2,(H,47,48). The van der Waals surface area contributed by atoms with Gasteiger partial charge < -0.3 is 10.8 Å². The molecule has 3 N–H and O–H groups in total. The second-order valence-electron chi connectivity index (χ2n) is 16.5. The zero-order valence-electron chi connectivity index (χ0n) is 30.1. The number of carbonyl (C=O) groups is 1. The van der Waals surface area contributed by atoms with E-state index in [0.717, 1.165) is 44.4 Å². The molecular weight excluding hydrogens is 587 g/mol. The van der Waals surface area contributed by atoms with Crippen molar-refractivity contribution in [1.82, 2.24) is 0 Å². The van der Waals surface area contributed by atoms with Gasteiger partial charge in [-0.15, -0.1) is 0 Å². The monoisotopic (exact) mass is 654 g/mol. The number of rotatable bonds is 19. The fourth-order valence-electron chi connectivity index (χ4n) is 10.6. The Kier molecular flexibility index (Phi) is 14.7. The lowest BCUT2D eigenvalue weighted by molar-refractivity contribution is -0.139. The zero-order chi connectivity index (χ0) is 33.5. The zero-order valence-corrected chi connectivity index (χ0v) is 30.1. The van der Waals surface area contributed by atoms with Gasteiger partial charge in [0.15, 0.2) is 0 Å². The van der Waals surface area contributed by atoms with Crippen LogP contribution in [-0.4, -0.2) is 17.6 Å². The molecule has 264 valence electrons. The first-order valence-corrected chi connectivity index (χ1v) is 20.2. The number of carboxylic acid groups (broad SMARTS) is 1. The molecule has 4 atom stereocenters. The highest BCUT2D eigenvalue weighted by molar-refractivity contribution is 5.67. The molecule has 5 rings (SSSR count). The van der Waals surface area contributed by atoms with Crippen LogP contribution in [0, 0.1) is 29.1 Å². The van der Waals surface area contributed by atoms with Gasteiger partial charge in [-0.05, 0) is 142 Å². The predicted molar refractivity (Wildman–Crippen MR) is 202 cm³/mol. The van der Waals surface area contributed by atoms with E-state index in [1.807, 2.05) is 0 Å². The van der Waals surface area contributed by atoms with Gasteiger partial charge in [0.1, 0.15) is 0 Å². The van der Waals surface area contributed by atoms with E-state index in [-0.39, 0.29) is 17.8 Å². The highest BCUT2D eigenvalue weighted by atomic mass is 16.4. The molecule has 0 aromatic heterocycles. The van der Waals surface area contributed by atoms with Gasteiger partial charge in [0.25, 0.3) is 0 Å². The normalized spacial score (nSPS) is 23.4. The van der Waals surface area contributed by atoms with Crippen molar-refractivity contribution < 1.29 is 9.90 Å². The summed E-state index contributed by atoms with van der Waals surface area (Å²) in [5.74, 6) is 1.41. The molecule has 48 heavy (non-hydrogen) atoms. The van der Waals surface area contributed by atoms with Crippen LogP contribution in [0.4, 0.5) is 0 Å². The minimum absolute atomic E-state index is 0.0740. The summed E-state index contributed by atoms with van der Waals surface area (Å²) in [5, 5.41) is 10.3. The van der Waals surface area contributed by atoms with Crippen molar-refractivity contribution in [3.63, 3.8) is 0 Å². The lowest BCUT2D eigenvalue weighted by atomic mass is 9.55. The summed E-state index contributed by atoms with van der Waals surface area (Å²) < 4.78 is 0. The van der Waals surface area contributed by atoms with Crippen molar-refractivity contribution >= 4 is 5.97 Å². The fourth-order valence-corrected chi connectivity index (χ4v) is 10.6. The van der Waals surface area contributed by atoms with Crippen molar-refractivity contribution in [3.05, 3.63) is 83.9 Å². The summed E-state index contributed by atoms with van der Waals surface area (Å²) in [4.78, 5) is 12.5. The van der Waals surface area contributed by atoms with E-state index in [1.165, 1.54) is 114 Å². The van der Waals surface area contributed by atoms with Crippen molar-refractivity contribution in [2.75, 3.05) is 6.54 Å². The topological polar surface area (TPSA) is 63.3 Å². The molecular formula is C45H67NO2. The third kappa shape index (κ3) is 11.1. The number of aryl methyl sites for hydroxylation is 1. The Balaban J connectivity index is 1.29. The average Bonchev–Trinajstić information content (AvgIpc) is 3.56. The third-order valence-electron chi connectivity index (χ3n) is 13.2. The van der Waals surface area contributed by atoms with Crippen molar-refractivity contribution in [3.8, 4) is 0 Å². The number of allylic oxidation sites excluding steroid dienone is 2. The van der Waals surface area contributed by atoms with E-state index in [4.69, 9.17) is 5.73 Å². The number of aliphatic carboxylic acids is 1. The van der Waals surface area contributed by atoms with Gasteiger partial charge >= 0.3 is 5.97 Å². The van der Waals surface area contributed by atoms with Crippen LogP contribution < -0.4 is 5.73 Å². The van der Waals surface area contributed by atoms with E-state index in [2.05, 4.69) is 72.8 Å². The molecule has 0 amide bonds. The van der Waals surface area contributed by atoms with Crippen LogP contribution in [0.3, 0.4) is 0 Å². The second-order valence-corrected chi connectivity index (χ2v) is 16.5. The van der Waals surface area contributed by atoms with Crippen LogP contribution in [-0.2, 0) is 16.6 Å². The number of nitrogens with two attached hydrogens (primary N) is 1. The Labute approximate surface area is 293 Å². The largest absolute Gasteiger partial charge is 0.481 e. The Morgan fingerprint density at radius 1 is 0.792 bits per heavy atom. The first kappa shape index (κ1) is 36.9. The molecule has 3 aliphatic carbocycles.